The van der Waals surface area contributed by atoms with Gasteiger partial charge in [-0.1, -0.05) is 23.2 Å². The molecular weight excluding hydrogens is 323 g/mol. The first kappa shape index (κ1) is 17.3. The minimum Gasteiger partial charge on any atom is -0.460 e. The van der Waals surface area contributed by atoms with E-state index in [9.17, 15) is 13.2 Å². The summed E-state index contributed by atoms with van der Waals surface area (Å²) in [5, 5.41) is 0.433. The van der Waals surface area contributed by atoms with Crippen molar-refractivity contribution in [2.45, 2.75) is 37.7 Å². The maximum Gasteiger partial charge on any atom is 0.307 e. The molecule has 0 aliphatic rings. The number of ether oxygens (including phenoxy) is 1. The molecule has 4 nitrogen and oxygen atoms in total. The number of hydrogen-bond acceptors (Lipinski definition) is 4. The summed E-state index contributed by atoms with van der Waals surface area (Å²) < 4.78 is 29.2. The van der Waals surface area contributed by atoms with Crippen LogP contribution in [0, 0.1) is 0 Å². The second-order valence-electron chi connectivity index (χ2n) is 5.23. The average molecular weight is 339 g/mol. The fraction of sp³-hybridized carbons (Fsp3) is 0.462. The van der Waals surface area contributed by atoms with Crippen molar-refractivity contribution in [3.05, 3.63) is 28.2 Å². The quantitative estimate of drug-likeness (QED) is 0.788. The summed E-state index contributed by atoms with van der Waals surface area (Å²) in [6.45, 7) is 5.16. The molecule has 0 aromatic heterocycles. The van der Waals surface area contributed by atoms with Crippen molar-refractivity contribution in [1.82, 2.24) is 0 Å². The lowest BCUT2D eigenvalue weighted by molar-refractivity contribution is -0.154. The van der Waals surface area contributed by atoms with Crippen LogP contribution in [0.15, 0.2) is 23.1 Å². The summed E-state index contributed by atoms with van der Waals surface area (Å²) in [5.74, 6) is -0.888. The molecule has 1 aromatic carbocycles. The molecule has 7 heteroatoms. The highest BCUT2D eigenvalue weighted by atomic mass is 35.5. The molecule has 0 amide bonds. The molecule has 0 heterocycles. The largest absolute Gasteiger partial charge is 0.460 e. The molecule has 20 heavy (non-hydrogen) atoms. The number of halogens is 2. The third-order valence-corrected chi connectivity index (χ3v) is 4.70. The van der Waals surface area contributed by atoms with E-state index in [1.807, 2.05) is 0 Å². The molecular formula is C13H16Cl2O4S. The number of hydrogen-bond donors (Lipinski definition) is 0. The van der Waals surface area contributed by atoms with Gasteiger partial charge in [0.15, 0.2) is 9.84 Å². The Morgan fingerprint density at radius 1 is 1.20 bits per heavy atom. The van der Waals surface area contributed by atoms with E-state index in [2.05, 4.69) is 0 Å². The molecule has 0 fully saturated rings. The van der Waals surface area contributed by atoms with Crippen LogP contribution in [0.4, 0.5) is 0 Å². The summed E-state index contributed by atoms with van der Waals surface area (Å²) in [6, 6.07) is 4.04. The van der Waals surface area contributed by atoms with Crippen molar-refractivity contribution in [3.63, 3.8) is 0 Å². The van der Waals surface area contributed by atoms with Gasteiger partial charge in [0, 0.05) is 0 Å². The average Bonchev–Trinajstić information content (AvgIpc) is 2.28. The van der Waals surface area contributed by atoms with E-state index in [1.165, 1.54) is 18.2 Å². The van der Waals surface area contributed by atoms with Crippen molar-refractivity contribution in [2.75, 3.05) is 5.75 Å². The van der Waals surface area contributed by atoms with Gasteiger partial charge in [-0.3, -0.25) is 4.79 Å². The highest BCUT2D eigenvalue weighted by molar-refractivity contribution is 7.91. The highest BCUT2D eigenvalue weighted by Gasteiger charge is 2.21. The molecule has 0 aliphatic heterocycles. The van der Waals surface area contributed by atoms with Crippen molar-refractivity contribution in [1.29, 1.82) is 0 Å². The lowest BCUT2D eigenvalue weighted by Gasteiger charge is -2.19. The zero-order chi connectivity index (χ0) is 15.6. The van der Waals surface area contributed by atoms with E-state index in [-0.39, 0.29) is 27.1 Å². The lowest BCUT2D eigenvalue weighted by atomic mass is 10.2. The Morgan fingerprint density at radius 2 is 1.80 bits per heavy atom. The summed E-state index contributed by atoms with van der Waals surface area (Å²) in [4.78, 5) is 11.6. The molecule has 112 valence electrons. The van der Waals surface area contributed by atoms with Crippen LogP contribution in [0.1, 0.15) is 27.2 Å². The van der Waals surface area contributed by atoms with Crippen molar-refractivity contribution >= 4 is 39.0 Å². The van der Waals surface area contributed by atoms with E-state index >= 15 is 0 Å². The van der Waals surface area contributed by atoms with Crippen molar-refractivity contribution in [3.8, 4) is 0 Å². The van der Waals surface area contributed by atoms with Gasteiger partial charge in [-0.15, -0.1) is 0 Å². The topological polar surface area (TPSA) is 60.4 Å². The first-order chi connectivity index (χ1) is 9.01. The van der Waals surface area contributed by atoms with Gasteiger partial charge in [0.05, 0.1) is 27.1 Å². The molecule has 0 unspecified atom stereocenters. The standard InChI is InChI=1S/C13H16Cl2O4S/c1-13(2,3)19-12(16)6-7-20(17,18)9-4-5-10(14)11(15)8-9/h4-5,8H,6-7H2,1-3H3. The summed E-state index contributed by atoms with van der Waals surface area (Å²) in [5.41, 5.74) is -0.634. The molecule has 0 atom stereocenters. The molecule has 0 spiro atoms. The lowest BCUT2D eigenvalue weighted by Crippen LogP contribution is -2.25. The minimum absolute atomic E-state index is 0.0375. The Bertz CT molecular complexity index is 603. The summed E-state index contributed by atoms with van der Waals surface area (Å²) in [7, 11) is -3.59. The number of benzene rings is 1. The number of rotatable bonds is 4. The van der Waals surface area contributed by atoms with Crippen LogP contribution in [0.5, 0.6) is 0 Å². The predicted octanol–water partition coefficient (Wildman–Crippen LogP) is 3.50. The second-order valence-corrected chi connectivity index (χ2v) is 8.15. The van der Waals surface area contributed by atoms with Crippen LogP contribution in [0.3, 0.4) is 0 Å². The van der Waals surface area contributed by atoms with Crippen molar-refractivity contribution in [2.24, 2.45) is 0 Å². The molecule has 0 bridgehead atoms. The van der Waals surface area contributed by atoms with Gasteiger partial charge >= 0.3 is 5.97 Å². The monoisotopic (exact) mass is 338 g/mol. The Hall–Kier alpha value is -0.780. The van der Waals surface area contributed by atoms with Gasteiger partial charge in [-0.25, -0.2) is 8.42 Å². The fourth-order valence-corrected chi connectivity index (χ4v) is 3.01. The summed E-state index contributed by atoms with van der Waals surface area (Å²) in [6.07, 6.45) is -0.208. The Balaban J connectivity index is 2.76. The van der Waals surface area contributed by atoms with Gasteiger partial charge in [-0.2, -0.15) is 0 Å². The summed E-state index contributed by atoms with van der Waals surface area (Å²) >= 11 is 11.5. The fourth-order valence-electron chi connectivity index (χ4n) is 1.40. The maximum atomic E-state index is 12.1. The van der Waals surface area contributed by atoms with Crippen molar-refractivity contribution < 1.29 is 17.9 Å². The molecule has 0 aliphatic carbocycles. The third-order valence-electron chi connectivity index (χ3n) is 2.25. The Kier molecular flexibility index (Phi) is 5.46. The number of sulfone groups is 1. The SMILES string of the molecule is CC(C)(C)OC(=O)CCS(=O)(=O)c1ccc(Cl)c(Cl)c1. The second kappa shape index (κ2) is 6.33. The molecule has 0 N–H and O–H groups in total. The highest BCUT2D eigenvalue weighted by Crippen LogP contribution is 2.25. The van der Waals surface area contributed by atoms with Gasteiger partial charge < -0.3 is 4.74 Å². The molecule has 0 radical (unpaired) electrons. The van der Waals surface area contributed by atoms with Crippen LogP contribution in [0.25, 0.3) is 0 Å². The van der Waals surface area contributed by atoms with Crippen LogP contribution in [-0.4, -0.2) is 25.7 Å². The van der Waals surface area contributed by atoms with E-state index in [1.54, 1.807) is 20.8 Å². The Labute approximate surface area is 128 Å². The maximum absolute atomic E-state index is 12.1. The third kappa shape index (κ3) is 5.31. The molecule has 1 rings (SSSR count). The molecule has 0 saturated heterocycles. The molecule has 1 aromatic rings. The Morgan fingerprint density at radius 3 is 2.30 bits per heavy atom. The predicted molar refractivity (Wildman–Crippen MR) is 79.0 cm³/mol. The van der Waals surface area contributed by atoms with E-state index < -0.39 is 21.4 Å². The smallest absolute Gasteiger partial charge is 0.307 e. The first-order valence-corrected chi connectivity index (χ1v) is 8.32. The van der Waals surface area contributed by atoms with Crippen LogP contribution in [0.2, 0.25) is 10.0 Å². The van der Waals surface area contributed by atoms with Crippen LogP contribution < -0.4 is 0 Å². The zero-order valence-corrected chi connectivity index (χ0v) is 13.8. The van der Waals surface area contributed by atoms with Gasteiger partial charge in [0.25, 0.3) is 0 Å². The van der Waals surface area contributed by atoms with Gasteiger partial charge in [0.1, 0.15) is 5.60 Å². The van der Waals surface area contributed by atoms with Gasteiger partial charge in [0.2, 0.25) is 0 Å². The number of carbonyl (C=O) groups excluding carboxylic acids is 1. The van der Waals surface area contributed by atoms with E-state index in [4.69, 9.17) is 27.9 Å². The van der Waals surface area contributed by atoms with E-state index in [0.717, 1.165) is 0 Å². The van der Waals surface area contributed by atoms with Gasteiger partial charge in [-0.05, 0) is 39.0 Å². The van der Waals surface area contributed by atoms with Crippen LogP contribution in [-0.2, 0) is 19.4 Å². The normalized spacial score (nSPS) is 12.2. The number of esters is 1. The molecule has 0 saturated carbocycles. The van der Waals surface area contributed by atoms with Crippen LogP contribution >= 0.6 is 23.2 Å². The zero-order valence-electron chi connectivity index (χ0n) is 11.4. The number of carbonyl (C=O) groups is 1. The first-order valence-electron chi connectivity index (χ1n) is 5.91. The van der Waals surface area contributed by atoms with E-state index in [0.29, 0.717) is 0 Å². The minimum atomic E-state index is -3.59.